The summed E-state index contributed by atoms with van der Waals surface area (Å²) in [6.07, 6.45) is 95.4. The molecule has 0 amide bonds. The van der Waals surface area contributed by atoms with E-state index in [0.29, 0.717) is 12.8 Å². The summed E-state index contributed by atoms with van der Waals surface area (Å²) in [5.41, 5.74) is 0. The highest BCUT2D eigenvalue weighted by Crippen LogP contribution is 2.14. The smallest absolute Gasteiger partial charge is 0.306 e. The van der Waals surface area contributed by atoms with Gasteiger partial charge in [0.25, 0.3) is 0 Å². The number of hydrogen-bond acceptors (Lipinski definition) is 6. The van der Waals surface area contributed by atoms with Gasteiger partial charge in [-0.1, -0.05) is 275 Å². The van der Waals surface area contributed by atoms with Gasteiger partial charge in [0.15, 0.2) is 6.10 Å². The van der Waals surface area contributed by atoms with Crippen molar-refractivity contribution in [2.24, 2.45) is 0 Å². The fraction of sp³-hybridized carbons (Fsp3) is 0.603. The van der Waals surface area contributed by atoms with Crippen molar-refractivity contribution in [2.75, 3.05) is 13.2 Å². The molecular formula is C73H116O6. The van der Waals surface area contributed by atoms with Crippen molar-refractivity contribution in [2.45, 2.75) is 271 Å². The summed E-state index contributed by atoms with van der Waals surface area (Å²) >= 11 is 0. The van der Waals surface area contributed by atoms with Gasteiger partial charge < -0.3 is 14.2 Å². The van der Waals surface area contributed by atoms with E-state index >= 15 is 0 Å². The Morgan fingerprint density at radius 2 is 0.494 bits per heavy atom. The third kappa shape index (κ3) is 63.7. The van der Waals surface area contributed by atoms with Gasteiger partial charge in [-0.3, -0.25) is 14.4 Å². The minimum absolute atomic E-state index is 0.0990. The Hall–Kier alpha value is -4.97. The Bertz CT molecular complexity index is 1780. The first-order valence-corrected chi connectivity index (χ1v) is 32.0. The lowest BCUT2D eigenvalue weighted by atomic mass is 10.1. The van der Waals surface area contributed by atoms with Gasteiger partial charge >= 0.3 is 17.9 Å². The van der Waals surface area contributed by atoms with Crippen LogP contribution in [0.15, 0.2) is 158 Å². The molecule has 444 valence electrons. The minimum Gasteiger partial charge on any atom is -0.462 e. The van der Waals surface area contributed by atoms with Crippen LogP contribution in [0.4, 0.5) is 0 Å². The highest BCUT2D eigenvalue weighted by Gasteiger charge is 2.19. The molecule has 0 bridgehead atoms. The number of allylic oxidation sites excluding steroid dienone is 26. The minimum atomic E-state index is -0.806. The van der Waals surface area contributed by atoms with E-state index in [1.54, 1.807) is 0 Å². The summed E-state index contributed by atoms with van der Waals surface area (Å²) in [6.45, 7) is 6.35. The zero-order valence-corrected chi connectivity index (χ0v) is 50.8. The quantitative estimate of drug-likeness (QED) is 0.0261. The van der Waals surface area contributed by atoms with Crippen LogP contribution in [0.3, 0.4) is 0 Å². The van der Waals surface area contributed by atoms with Crippen LogP contribution in [-0.2, 0) is 28.6 Å². The first-order chi connectivity index (χ1) is 39.0. The van der Waals surface area contributed by atoms with Crippen molar-refractivity contribution < 1.29 is 28.6 Å². The lowest BCUT2D eigenvalue weighted by molar-refractivity contribution is -0.167. The van der Waals surface area contributed by atoms with Gasteiger partial charge in [0.05, 0.1) is 0 Å². The van der Waals surface area contributed by atoms with Gasteiger partial charge in [-0.25, -0.2) is 0 Å². The van der Waals surface area contributed by atoms with Crippen molar-refractivity contribution in [3.8, 4) is 0 Å². The number of carbonyl (C=O) groups is 3. The molecule has 0 aromatic carbocycles. The van der Waals surface area contributed by atoms with Gasteiger partial charge in [-0.2, -0.15) is 0 Å². The summed E-state index contributed by atoms with van der Waals surface area (Å²) in [4.78, 5) is 38.2. The van der Waals surface area contributed by atoms with E-state index in [2.05, 4.69) is 179 Å². The van der Waals surface area contributed by atoms with Crippen LogP contribution in [0.2, 0.25) is 0 Å². The van der Waals surface area contributed by atoms with Crippen molar-refractivity contribution in [3.05, 3.63) is 158 Å². The molecule has 6 nitrogen and oxygen atoms in total. The van der Waals surface area contributed by atoms with Crippen molar-refractivity contribution in [3.63, 3.8) is 0 Å². The van der Waals surface area contributed by atoms with Crippen LogP contribution >= 0.6 is 0 Å². The van der Waals surface area contributed by atoms with Crippen LogP contribution in [0.25, 0.3) is 0 Å². The molecule has 1 unspecified atom stereocenters. The Labute approximate surface area is 486 Å². The van der Waals surface area contributed by atoms with Gasteiger partial charge in [0, 0.05) is 19.3 Å². The first-order valence-electron chi connectivity index (χ1n) is 32.0. The molecule has 0 aliphatic carbocycles. The first kappa shape index (κ1) is 74.0. The molecule has 0 aliphatic heterocycles. The molecule has 0 N–H and O–H groups in total. The SMILES string of the molecule is CC/C=C\C/C=C\C/C=C\C/C=C\C/C=C\C/C=C\C/C=C\CCCCCC(=O)OC(COC(=O)CCCCCCCCCCC)COC(=O)CCCCCCCCCC/C=C\C/C=C\C/C=C\C/C=C\C/C=C\C/C=C\CC. The normalized spacial score (nSPS) is 13.2. The van der Waals surface area contributed by atoms with E-state index in [4.69, 9.17) is 14.2 Å². The molecule has 0 saturated carbocycles. The molecule has 6 heteroatoms. The predicted molar refractivity (Wildman–Crippen MR) is 343 cm³/mol. The average molecular weight is 1090 g/mol. The van der Waals surface area contributed by atoms with Crippen LogP contribution < -0.4 is 0 Å². The maximum Gasteiger partial charge on any atom is 0.306 e. The van der Waals surface area contributed by atoms with Crippen molar-refractivity contribution in [1.82, 2.24) is 0 Å². The van der Waals surface area contributed by atoms with Gasteiger partial charge in [0.1, 0.15) is 13.2 Å². The summed E-state index contributed by atoms with van der Waals surface area (Å²) in [5.74, 6) is -0.947. The second-order valence-electron chi connectivity index (χ2n) is 20.6. The number of hydrogen-bond donors (Lipinski definition) is 0. The summed E-state index contributed by atoms with van der Waals surface area (Å²) in [7, 11) is 0. The van der Waals surface area contributed by atoms with Gasteiger partial charge in [0.2, 0.25) is 0 Å². The molecule has 0 fully saturated rings. The lowest BCUT2D eigenvalue weighted by Crippen LogP contribution is -2.30. The molecule has 0 aromatic heterocycles. The zero-order valence-electron chi connectivity index (χ0n) is 50.8. The molecule has 0 heterocycles. The second-order valence-corrected chi connectivity index (χ2v) is 20.6. The number of unbranched alkanes of at least 4 members (excludes halogenated alkanes) is 19. The molecule has 79 heavy (non-hydrogen) atoms. The second kappa shape index (κ2) is 65.5. The number of rotatable bonds is 56. The van der Waals surface area contributed by atoms with E-state index in [0.717, 1.165) is 154 Å². The van der Waals surface area contributed by atoms with Crippen LogP contribution in [0.5, 0.6) is 0 Å². The summed E-state index contributed by atoms with van der Waals surface area (Å²) in [6, 6.07) is 0. The van der Waals surface area contributed by atoms with Crippen LogP contribution in [-0.4, -0.2) is 37.2 Å². The lowest BCUT2D eigenvalue weighted by Gasteiger charge is -2.18. The fourth-order valence-corrected chi connectivity index (χ4v) is 8.31. The molecule has 0 aliphatic rings. The maximum absolute atomic E-state index is 12.9. The standard InChI is InChI=1S/C73H116O6/c1-4-7-10-13-16-19-21-23-25-27-29-31-33-35-36-38-39-41-43-45-47-49-51-54-57-60-63-66-72(75)78-69-70(68-77-71(74)65-62-59-56-53-18-15-12-9-6-3)79-73(76)67-64-61-58-55-52-50-48-46-44-42-40-37-34-32-30-28-26-24-22-20-17-14-11-8-5-2/h7-8,10-11,16-17,19-20,23-26,29-32,35-37,39-41,44,46,50,52,70H,4-6,9,12-15,18,21-22,27-28,33-34,38,42-43,45,47-49,51,53-69H2,1-3H3/b10-7-,11-8-,19-16-,20-17-,25-23-,26-24-,31-29-,32-30-,36-35-,40-37-,41-39-,46-44-,52-50-. The monoisotopic (exact) mass is 1090 g/mol. The Morgan fingerprint density at radius 3 is 0.785 bits per heavy atom. The Kier molecular flexibility index (Phi) is 61.4. The van der Waals surface area contributed by atoms with Gasteiger partial charge in [-0.05, 0) is 128 Å². The van der Waals surface area contributed by atoms with Crippen molar-refractivity contribution in [1.29, 1.82) is 0 Å². The number of ether oxygens (including phenoxy) is 3. The summed E-state index contributed by atoms with van der Waals surface area (Å²) in [5, 5.41) is 0. The van der Waals surface area contributed by atoms with E-state index in [1.807, 2.05) is 0 Å². The highest BCUT2D eigenvalue weighted by molar-refractivity contribution is 5.71. The number of carbonyl (C=O) groups excluding carboxylic acids is 3. The van der Waals surface area contributed by atoms with Crippen LogP contribution in [0.1, 0.15) is 265 Å². The topological polar surface area (TPSA) is 78.9 Å². The Morgan fingerprint density at radius 1 is 0.266 bits per heavy atom. The molecule has 0 radical (unpaired) electrons. The maximum atomic E-state index is 12.9. The fourth-order valence-electron chi connectivity index (χ4n) is 8.31. The number of esters is 3. The van der Waals surface area contributed by atoms with Crippen molar-refractivity contribution >= 4 is 17.9 Å². The van der Waals surface area contributed by atoms with E-state index in [-0.39, 0.29) is 37.5 Å². The average Bonchev–Trinajstić information content (AvgIpc) is 3.45. The molecule has 0 saturated heterocycles. The molecule has 1 atom stereocenters. The molecule has 0 spiro atoms. The molecule has 0 rings (SSSR count). The summed E-state index contributed by atoms with van der Waals surface area (Å²) < 4.78 is 16.8. The predicted octanol–water partition coefficient (Wildman–Crippen LogP) is 22.1. The molecular weight excluding hydrogens is 973 g/mol. The van der Waals surface area contributed by atoms with Crippen LogP contribution in [0, 0.1) is 0 Å². The zero-order chi connectivity index (χ0) is 57.1. The van der Waals surface area contributed by atoms with E-state index in [9.17, 15) is 14.4 Å². The Balaban J connectivity index is 4.35. The van der Waals surface area contributed by atoms with E-state index in [1.165, 1.54) is 70.6 Å². The third-order valence-electron chi connectivity index (χ3n) is 13.0. The van der Waals surface area contributed by atoms with E-state index < -0.39 is 6.10 Å². The highest BCUT2D eigenvalue weighted by atomic mass is 16.6. The largest absolute Gasteiger partial charge is 0.462 e. The molecule has 0 aromatic rings. The van der Waals surface area contributed by atoms with Gasteiger partial charge in [-0.15, -0.1) is 0 Å². The third-order valence-corrected chi connectivity index (χ3v) is 13.0.